The highest BCUT2D eigenvalue weighted by Gasteiger charge is 2.17. The Labute approximate surface area is 151 Å². The summed E-state index contributed by atoms with van der Waals surface area (Å²) in [5, 5.41) is 9.85. The predicted molar refractivity (Wildman–Crippen MR) is 99.2 cm³/mol. The molecule has 0 aliphatic heterocycles. The number of nitrogens with one attached hydrogen (secondary N) is 2. The molecule has 0 fully saturated rings. The molecule has 1 heterocycles. The van der Waals surface area contributed by atoms with Gasteiger partial charge in [0.25, 0.3) is 5.91 Å². The van der Waals surface area contributed by atoms with Gasteiger partial charge in [0.05, 0.1) is 11.7 Å². The average molecular weight is 352 g/mol. The van der Waals surface area contributed by atoms with Crippen LogP contribution in [0.4, 0.5) is 4.39 Å². The monoisotopic (exact) mass is 352 g/mol. The summed E-state index contributed by atoms with van der Waals surface area (Å²) in [6.45, 7) is 0.356. The fraction of sp³-hybridized carbons (Fsp3) is 0.200. The van der Waals surface area contributed by atoms with E-state index in [0.29, 0.717) is 17.9 Å². The number of hydrogen-bond acceptors (Lipinski definition) is 3. The Morgan fingerprint density at radius 3 is 2.62 bits per heavy atom. The zero-order valence-electron chi connectivity index (χ0n) is 14.7. The Bertz CT molecular complexity index is 876. The molecule has 2 N–H and O–H groups in total. The lowest BCUT2D eigenvalue weighted by Gasteiger charge is -2.25. The van der Waals surface area contributed by atoms with E-state index in [9.17, 15) is 9.18 Å². The van der Waals surface area contributed by atoms with E-state index >= 15 is 0 Å². The number of hydrogen-bond donors (Lipinski definition) is 2. The molecule has 1 amide bonds. The van der Waals surface area contributed by atoms with Gasteiger partial charge in [-0.05, 0) is 37.9 Å². The second kappa shape index (κ2) is 7.93. The van der Waals surface area contributed by atoms with Crippen LogP contribution < -0.4 is 5.32 Å². The number of aromatic amines is 1. The van der Waals surface area contributed by atoms with Crippen LogP contribution in [0.3, 0.4) is 0 Å². The zero-order chi connectivity index (χ0) is 18.5. The number of H-pyrrole nitrogens is 1. The molecule has 134 valence electrons. The molecular formula is C20H21FN4O. The summed E-state index contributed by atoms with van der Waals surface area (Å²) in [5.41, 5.74) is 2.85. The molecule has 0 aliphatic rings. The van der Waals surface area contributed by atoms with Gasteiger partial charge >= 0.3 is 0 Å². The van der Waals surface area contributed by atoms with Crippen LogP contribution in [-0.4, -0.2) is 41.6 Å². The third-order valence-electron chi connectivity index (χ3n) is 4.20. The molecule has 0 radical (unpaired) electrons. The van der Waals surface area contributed by atoms with Gasteiger partial charge in [-0.15, -0.1) is 0 Å². The number of amides is 1. The summed E-state index contributed by atoms with van der Waals surface area (Å²) in [6.07, 6.45) is 0. The molecule has 0 saturated carbocycles. The van der Waals surface area contributed by atoms with Crippen molar-refractivity contribution in [1.82, 2.24) is 20.4 Å². The maximum Gasteiger partial charge on any atom is 0.269 e. The van der Waals surface area contributed by atoms with Gasteiger partial charge in [-0.3, -0.25) is 9.89 Å². The fourth-order valence-electron chi connectivity index (χ4n) is 2.79. The quantitative estimate of drug-likeness (QED) is 0.716. The van der Waals surface area contributed by atoms with Crippen molar-refractivity contribution in [2.75, 3.05) is 20.6 Å². The van der Waals surface area contributed by atoms with Crippen LogP contribution in [0.25, 0.3) is 11.3 Å². The van der Waals surface area contributed by atoms with Crippen molar-refractivity contribution in [1.29, 1.82) is 0 Å². The number of benzene rings is 2. The van der Waals surface area contributed by atoms with Crippen LogP contribution in [-0.2, 0) is 0 Å². The molecule has 6 heteroatoms. The van der Waals surface area contributed by atoms with Gasteiger partial charge in [-0.1, -0.05) is 42.5 Å². The van der Waals surface area contributed by atoms with Crippen LogP contribution in [0, 0.1) is 5.82 Å². The van der Waals surface area contributed by atoms with E-state index in [1.165, 1.54) is 12.1 Å². The summed E-state index contributed by atoms with van der Waals surface area (Å²) >= 11 is 0. The van der Waals surface area contributed by atoms with E-state index < -0.39 is 0 Å². The molecule has 0 aliphatic carbocycles. The molecule has 0 saturated heterocycles. The molecule has 3 rings (SSSR count). The fourth-order valence-corrected chi connectivity index (χ4v) is 2.79. The van der Waals surface area contributed by atoms with E-state index in [4.69, 9.17) is 0 Å². The normalized spacial score (nSPS) is 12.2. The maximum absolute atomic E-state index is 13.5. The van der Waals surface area contributed by atoms with Gasteiger partial charge in [0.15, 0.2) is 0 Å². The second-order valence-electron chi connectivity index (χ2n) is 6.28. The average Bonchev–Trinajstić information content (AvgIpc) is 3.12. The molecule has 1 atom stereocenters. The SMILES string of the molecule is CN(C)C(CNC(=O)c1cc(-c2ccccc2)n[nH]1)c1cccc(F)c1. The van der Waals surface area contributed by atoms with Gasteiger partial charge in [-0.25, -0.2) is 4.39 Å². The summed E-state index contributed by atoms with van der Waals surface area (Å²) < 4.78 is 13.5. The molecule has 26 heavy (non-hydrogen) atoms. The lowest BCUT2D eigenvalue weighted by atomic mass is 10.1. The Morgan fingerprint density at radius 2 is 1.92 bits per heavy atom. The van der Waals surface area contributed by atoms with Gasteiger partial charge in [0, 0.05) is 12.1 Å². The molecule has 0 bridgehead atoms. The van der Waals surface area contributed by atoms with E-state index in [0.717, 1.165) is 11.1 Å². The minimum atomic E-state index is -0.290. The number of carbonyl (C=O) groups is 1. The third kappa shape index (κ3) is 4.15. The first-order valence-electron chi connectivity index (χ1n) is 8.35. The smallest absolute Gasteiger partial charge is 0.269 e. The van der Waals surface area contributed by atoms with Crippen LogP contribution >= 0.6 is 0 Å². The van der Waals surface area contributed by atoms with Gasteiger partial charge < -0.3 is 10.2 Å². The first kappa shape index (κ1) is 17.8. The number of aromatic nitrogens is 2. The lowest BCUT2D eigenvalue weighted by molar-refractivity contribution is 0.0937. The lowest BCUT2D eigenvalue weighted by Crippen LogP contribution is -2.34. The van der Waals surface area contributed by atoms with E-state index in [2.05, 4.69) is 15.5 Å². The van der Waals surface area contributed by atoms with Crippen molar-refractivity contribution in [3.8, 4) is 11.3 Å². The summed E-state index contributed by atoms with van der Waals surface area (Å²) in [4.78, 5) is 14.4. The Morgan fingerprint density at radius 1 is 1.15 bits per heavy atom. The number of carbonyl (C=O) groups excluding carboxylic acids is 1. The number of nitrogens with zero attached hydrogens (tertiary/aromatic N) is 2. The summed E-state index contributed by atoms with van der Waals surface area (Å²) in [7, 11) is 3.79. The van der Waals surface area contributed by atoms with E-state index in [1.54, 1.807) is 12.1 Å². The van der Waals surface area contributed by atoms with Crippen molar-refractivity contribution in [2.45, 2.75) is 6.04 Å². The first-order valence-corrected chi connectivity index (χ1v) is 8.35. The van der Waals surface area contributed by atoms with Crippen LogP contribution in [0.5, 0.6) is 0 Å². The zero-order valence-corrected chi connectivity index (χ0v) is 14.7. The van der Waals surface area contributed by atoms with Crippen molar-refractivity contribution >= 4 is 5.91 Å². The summed E-state index contributed by atoms with van der Waals surface area (Å²) in [5.74, 6) is -0.537. The minimum absolute atomic E-state index is 0.133. The van der Waals surface area contributed by atoms with Crippen LogP contribution in [0.2, 0.25) is 0 Å². The predicted octanol–water partition coefficient (Wildman–Crippen LogP) is 3.25. The standard InChI is InChI=1S/C20H21FN4O/c1-25(2)19(15-9-6-10-16(21)11-15)13-22-20(26)18-12-17(23-24-18)14-7-4-3-5-8-14/h3-12,19H,13H2,1-2H3,(H,22,26)(H,23,24). The highest BCUT2D eigenvalue weighted by Crippen LogP contribution is 2.19. The third-order valence-corrected chi connectivity index (χ3v) is 4.20. The van der Waals surface area contributed by atoms with Crippen LogP contribution in [0.15, 0.2) is 60.7 Å². The molecule has 3 aromatic rings. The number of halogens is 1. The van der Waals surface area contributed by atoms with Crippen molar-refractivity contribution in [3.63, 3.8) is 0 Å². The molecule has 0 spiro atoms. The second-order valence-corrected chi connectivity index (χ2v) is 6.28. The topological polar surface area (TPSA) is 61.0 Å². The Kier molecular flexibility index (Phi) is 5.43. The largest absolute Gasteiger partial charge is 0.349 e. The van der Waals surface area contributed by atoms with Crippen molar-refractivity contribution in [3.05, 3.63) is 77.7 Å². The van der Waals surface area contributed by atoms with Crippen LogP contribution in [0.1, 0.15) is 22.1 Å². The first-order chi connectivity index (χ1) is 12.5. The van der Waals surface area contributed by atoms with Gasteiger partial charge in [-0.2, -0.15) is 5.10 Å². The van der Waals surface area contributed by atoms with E-state index in [-0.39, 0.29) is 17.8 Å². The molecule has 2 aromatic carbocycles. The van der Waals surface area contributed by atoms with Gasteiger partial charge in [0.2, 0.25) is 0 Å². The highest BCUT2D eigenvalue weighted by atomic mass is 19.1. The highest BCUT2D eigenvalue weighted by molar-refractivity contribution is 5.93. The number of likely N-dealkylation sites (N-methyl/N-ethyl adjacent to an activating group) is 1. The van der Waals surface area contributed by atoms with Gasteiger partial charge in [0.1, 0.15) is 11.5 Å². The molecule has 5 nitrogen and oxygen atoms in total. The maximum atomic E-state index is 13.5. The molecule has 1 aromatic heterocycles. The minimum Gasteiger partial charge on any atom is -0.349 e. The van der Waals surface area contributed by atoms with Crippen molar-refractivity contribution < 1.29 is 9.18 Å². The Hall–Kier alpha value is -2.99. The Balaban J connectivity index is 1.68. The van der Waals surface area contributed by atoms with E-state index in [1.807, 2.05) is 55.4 Å². The number of rotatable bonds is 6. The summed E-state index contributed by atoms with van der Waals surface area (Å²) in [6, 6.07) is 17.6. The molecular weight excluding hydrogens is 331 g/mol. The van der Waals surface area contributed by atoms with Crippen molar-refractivity contribution in [2.24, 2.45) is 0 Å². The molecule has 1 unspecified atom stereocenters.